The zero-order valence-electron chi connectivity index (χ0n) is 9.47. The van der Waals surface area contributed by atoms with E-state index in [1.54, 1.807) is 6.08 Å². The van der Waals surface area contributed by atoms with Gasteiger partial charge < -0.3 is 5.32 Å². The Kier molecular flexibility index (Phi) is 6.81. The molecule has 0 unspecified atom stereocenters. The molecule has 0 spiro atoms. The second kappa shape index (κ2) is 7.36. The van der Waals surface area contributed by atoms with E-state index in [0.717, 1.165) is 18.4 Å². The molecule has 1 amide bonds. The lowest BCUT2D eigenvalue weighted by molar-refractivity contribution is -0.121. The summed E-state index contributed by atoms with van der Waals surface area (Å²) in [6.07, 6.45) is 6.31. The van der Waals surface area contributed by atoms with Crippen LogP contribution in [0.25, 0.3) is 0 Å². The third kappa shape index (κ3) is 5.57. The first kappa shape index (κ1) is 12.9. The molecule has 80 valence electrons. The van der Waals surface area contributed by atoms with Crippen LogP contribution in [-0.2, 0) is 4.79 Å². The van der Waals surface area contributed by atoms with Crippen molar-refractivity contribution < 1.29 is 4.79 Å². The Morgan fingerprint density at radius 1 is 1.57 bits per heavy atom. The summed E-state index contributed by atoms with van der Waals surface area (Å²) in [5.74, 6) is 0.135. The summed E-state index contributed by atoms with van der Waals surface area (Å²) in [5, 5.41) is 2.94. The Hall–Kier alpha value is -1.05. The van der Waals surface area contributed by atoms with Gasteiger partial charge in [0.1, 0.15) is 0 Å². The Balaban J connectivity index is 3.92. The number of nitrogens with one attached hydrogen (secondary N) is 1. The van der Waals surface area contributed by atoms with Gasteiger partial charge in [0.25, 0.3) is 0 Å². The molecule has 0 saturated carbocycles. The molecule has 0 aromatic rings. The van der Waals surface area contributed by atoms with Crippen molar-refractivity contribution in [2.75, 3.05) is 0 Å². The molecule has 1 N–H and O–H groups in total. The van der Waals surface area contributed by atoms with Crippen molar-refractivity contribution >= 4 is 5.91 Å². The highest BCUT2D eigenvalue weighted by molar-refractivity contribution is 5.76. The topological polar surface area (TPSA) is 29.1 Å². The van der Waals surface area contributed by atoms with E-state index in [1.165, 1.54) is 0 Å². The molecular formula is C12H21NO. The number of hydrogen-bond donors (Lipinski definition) is 1. The highest BCUT2D eigenvalue weighted by atomic mass is 16.1. The van der Waals surface area contributed by atoms with Crippen LogP contribution in [0.3, 0.4) is 0 Å². The van der Waals surface area contributed by atoms with E-state index < -0.39 is 0 Å². The summed E-state index contributed by atoms with van der Waals surface area (Å²) in [7, 11) is 0. The average Bonchev–Trinajstić information content (AvgIpc) is 2.15. The SMILES string of the molecule is C=C/C=C(\C)[C@@H](C)NC(=O)CCCC. The van der Waals surface area contributed by atoms with Crippen molar-refractivity contribution in [3.63, 3.8) is 0 Å². The monoisotopic (exact) mass is 195 g/mol. The molecule has 0 aliphatic carbocycles. The molecule has 0 bridgehead atoms. The normalized spacial score (nSPS) is 13.5. The molecular weight excluding hydrogens is 174 g/mol. The van der Waals surface area contributed by atoms with Gasteiger partial charge in [0.15, 0.2) is 0 Å². The van der Waals surface area contributed by atoms with Gasteiger partial charge in [-0.05, 0) is 20.3 Å². The van der Waals surface area contributed by atoms with E-state index in [1.807, 2.05) is 19.9 Å². The minimum atomic E-state index is 0.109. The van der Waals surface area contributed by atoms with Gasteiger partial charge in [0, 0.05) is 12.5 Å². The van der Waals surface area contributed by atoms with Gasteiger partial charge in [-0.2, -0.15) is 0 Å². The van der Waals surface area contributed by atoms with Crippen LogP contribution in [0.1, 0.15) is 40.0 Å². The smallest absolute Gasteiger partial charge is 0.220 e. The van der Waals surface area contributed by atoms with Gasteiger partial charge in [-0.1, -0.05) is 37.6 Å². The first-order valence-corrected chi connectivity index (χ1v) is 5.20. The largest absolute Gasteiger partial charge is 0.350 e. The van der Waals surface area contributed by atoms with E-state index in [2.05, 4.69) is 18.8 Å². The predicted octanol–water partition coefficient (Wildman–Crippen LogP) is 2.81. The molecule has 2 nitrogen and oxygen atoms in total. The van der Waals surface area contributed by atoms with Crippen LogP contribution in [0.5, 0.6) is 0 Å². The van der Waals surface area contributed by atoms with Crippen LogP contribution < -0.4 is 5.32 Å². The number of rotatable bonds is 6. The summed E-state index contributed by atoms with van der Waals surface area (Å²) < 4.78 is 0. The fourth-order valence-corrected chi connectivity index (χ4v) is 1.10. The van der Waals surface area contributed by atoms with Gasteiger partial charge in [-0.3, -0.25) is 4.79 Å². The van der Waals surface area contributed by atoms with E-state index in [4.69, 9.17) is 0 Å². The van der Waals surface area contributed by atoms with Crippen LogP contribution in [0, 0.1) is 0 Å². The minimum Gasteiger partial charge on any atom is -0.350 e. The number of amides is 1. The molecule has 0 aliphatic heterocycles. The van der Waals surface area contributed by atoms with E-state index in [9.17, 15) is 4.79 Å². The molecule has 14 heavy (non-hydrogen) atoms. The number of hydrogen-bond acceptors (Lipinski definition) is 1. The highest BCUT2D eigenvalue weighted by Crippen LogP contribution is 2.02. The first-order valence-electron chi connectivity index (χ1n) is 5.20. The second-order valence-corrected chi connectivity index (χ2v) is 3.54. The van der Waals surface area contributed by atoms with Crippen LogP contribution in [0.15, 0.2) is 24.3 Å². The van der Waals surface area contributed by atoms with Crippen LogP contribution in [0.2, 0.25) is 0 Å². The fourth-order valence-electron chi connectivity index (χ4n) is 1.10. The molecule has 0 aromatic carbocycles. The van der Waals surface area contributed by atoms with Gasteiger partial charge in [0.2, 0.25) is 5.91 Å². The molecule has 0 rings (SSSR count). The Labute approximate surface area is 87.1 Å². The number of carbonyl (C=O) groups excluding carboxylic acids is 1. The maximum atomic E-state index is 11.4. The van der Waals surface area contributed by atoms with Crippen molar-refractivity contribution in [3.8, 4) is 0 Å². The van der Waals surface area contributed by atoms with Gasteiger partial charge in [-0.15, -0.1) is 0 Å². The fraction of sp³-hybridized carbons (Fsp3) is 0.583. The Morgan fingerprint density at radius 2 is 2.21 bits per heavy atom. The molecule has 0 heterocycles. The molecule has 0 fully saturated rings. The van der Waals surface area contributed by atoms with Crippen LogP contribution >= 0.6 is 0 Å². The van der Waals surface area contributed by atoms with Gasteiger partial charge >= 0.3 is 0 Å². The van der Waals surface area contributed by atoms with Crippen molar-refractivity contribution in [1.29, 1.82) is 0 Å². The maximum Gasteiger partial charge on any atom is 0.220 e. The zero-order valence-corrected chi connectivity index (χ0v) is 9.47. The average molecular weight is 195 g/mol. The third-order valence-electron chi connectivity index (χ3n) is 2.20. The predicted molar refractivity (Wildman–Crippen MR) is 61.1 cm³/mol. The molecule has 0 aromatic heterocycles. The lowest BCUT2D eigenvalue weighted by atomic mass is 10.1. The van der Waals surface area contributed by atoms with Crippen molar-refractivity contribution in [3.05, 3.63) is 24.3 Å². The summed E-state index contributed by atoms with van der Waals surface area (Å²) in [6.45, 7) is 9.68. The third-order valence-corrected chi connectivity index (χ3v) is 2.20. The van der Waals surface area contributed by atoms with Gasteiger partial charge in [0.05, 0.1) is 0 Å². The lowest BCUT2D eigenvalue weighted by Gasteiger charge is -2.14. The summed E-state index contributed by atoms with van der Waals surface area (Å²) in [6, 6.07) is 0.109. The van der Waals surface area contributed by atoms with Crippen LogP contribution in [-0.4, -0.2) is 11.9 Å². The van der Waals surface area contributed by atoms with Crippen molar-refractivity contribution in [2.24, 2.45) is 0 Å². The Bertz CT molecular complexity index is 218. The number of carbonyl (C=O) groups is 1. The summed E-state index contributed by atoms with van der Waals surface area (Å²) in [5.41, 5.74) is 1.13. The standard InChI is InChI=1S/C12H21NO/c1-5-7-9-12(14)13-11(4)10(3)8-6-2/h6,8,11H,2,5,7,9H2,1,3-4H3,(H,13,14)/b10-8+/t11-/m1/s1. The van der Waals surface area contributed by atoms with Crippen LogP contribution in [0.4, 0.5) is 0 Å². The molecule has 2 heteroatoms. The van der Waals surface area contributed by atoms with Crippen molar-refractivity contribution in [2.45, 2.75) is 46.1 Å². The molecule has 1 atom stereocenters. The lowest BCUT2D eigenvalue weighted by Crippen LogP contribution is -2.33. The summed E-state index contributed by atoms with van der Waals surface area (Å²) in [4.78, 5) is 11.4. The number of unbranched alkanes of at least 4 members (excludes halogenated alkanes) is 1. The maximum absolute atomic E-state index is 11.4. The minimum absolute atomic E-state index is 0.109. The van der Waals surface area contributed by atoms with E-state index in [-0.39, 0.29) is 11.9 Å². The van der Waals surface area contributed by atoms with Gasteiger partial charge in [-0.25, -0.2) is 0 Å². The zero-order chi connectivity index (χ0) is 11.0. The van der Waals surface area contributed by atoms with Crippen molar-refractivity contribution in [1.82, 2.24) is 5.32 Å². The quantitative estimate of drug-likeness (QED) is 0.649. The van der Waals surface area contributed by atoms with E-state index in [0.29, 0.717) is 6.42 Å². The molecule has 0 aliphatic rings. The second-order valence-electron chi connectivity index (χ2n) is 3.54. The number of allylic oxidation sites excluding steroid dienone is 2. The first-order chi connectivity index (χ1) is 6.61. The van der Waals surface area contributed by atoms with E-state index >= 15 is 0 Å². The summed E-state index contributed by atoms with van der Waals surface area (Å²) >= 11 is 0. The highest BCUT2D eigenvalue weighted by Gasteiger charge is 2.07. The molecule has 0 radical (unpaired) electrons. The molecule has 0 saturated heterocycles. The Morgan fingerprint density at radius 3 is 2.71 bits per heavy atom.